The minimum absolute atomic E-state index is 0.543. The monoisotopic (exact) mass is 267 g/mol. The molecule has 1 aliphatic heterocycles. The Labute approximate surface area is 115 Å². The predicted molar refractivity (Wildman–Crippen MR) is 78.3 cm³/mol. The Kier molecular flexibility index (Phi) is 4.49. The van der Waals surface area contributed by atoms with Crippen molar-refractivity contribution >= 4 is 17.3 Å². The van der Waals surface area contributed by atoms with Gasteiger partial charge in [0.25, 0.3) is 0 Å². The molecule has 100 valence electrons. The highest BCUT2D eigenvalue weighted by Crippen LogP contribution is 2.35. The topological polar surface area (TPSA) is 32.5 Å². The van der Waals surface area contributed by atoms with E-state index in [-0.39, 0.29) is 0 Å². The summed E-state index contributed by atoms with van der Waals surface area (Å²) >= 11 is 6.38. The van der Waals surface area contributed by atoms with Crippen molar-refractivity contribution in [2.24, 2.45) is 5.73 Å². The van der Waals surface area contributed by atoms with E-state index in [1.807, 2.05) is 12.1 Å². The molecule has 0 bridgehead atoms. The summed E-state index contributed by atoms with van der Waals surface area (Å²) in [6.45, 7) is 2.69. The molecule has 0 radical (unpaired) electrons. The van der Waals surface area contributed by atoms with E-state index < -0.39 is 0 Å². The van der Waals surface area contributed by atoms with Gasteiger partial charge in [0.05, 0.1) is 10.7 Å². The SMILES string of the molecule is CN(C)CC1CCCN1c1c(Cl)cccc1CN. The molecule has 2 rings (SSSR count). The van der Waals surface area contributed by atoms with Gasteiger partial charge in [0.2, 0.25) is 0 Å². The first-order chi connectivity index (χ1) is 8.63. The smallest absolute Gasteiger partial charge is 0.0643 e. The highest BCUT2D eigenvalue weighted by molar-refractivity contribution is 6.33. The van der Waals surface area contributed by atoms with Gasteiger partial charge in [-0.25, -0.2) is 0 Å². The number of benzene rings is 1. The molecule has 0 saturated carbocycles. The van der Waals surface area contributed by atoms with Crippen LogP contribution in [0.15, 0.2) is 18.2 Å². The molecule has 0 amide bonds. The summed E-state index contributed by atoms with van der Waals surface area (Å²) in [5.74, 6) is 0. The first-order valence-corrected chi connectivity index (χ1v) is 6.90. The fourth-order valence-corrected chi connectivity index (χ4v) is 3.09. The van der Waals surface area contributed by atoms with Crippen LogP contribution in [0.1, 0.15) is 18.4 Å². The molecular weight excluding hydrogens is 246 g/mol. The molecule has 0 aliphatic carbocycles. The lowest BCUT2D eigenvalue weighted by atomic mass is 10.1. The zero-order chi connectivity index (χ0) is 13.1. The third-order valence-corrected chi connectivity index (χ3v) is 3.84. The van der Waals surface area contributed by atoms with E-state index in [4.69, 9.17) is 17.3 Å². The van der Waals surface area contributed by atoms with Crippen LogP contribution in [-0.2, 0) is 6.54 Å². The largest absolute Gasteiger partial charge is 0.366 e. The minimum atomic E-state index is 0.543. The molecule has 1 aromatic rings. The lowest BCUT2D eigenvalue weighted by Gasteiger charge is -2.31. The van der Waals surface area contributed by atoms with E-state index in [2.05, 4.69) is 30.0 Å². The molecule has 1 aromatic carbocycles. The second-order valence-corrected chi connectivity index (χ2v) is 5.61. The Balaban J connectivity index is 2.29. The highest BCUT2D eigenvalue weighted by atomic mass is 35.5. The minimum Gasteiger partial charge on any atom is -0.366 e. The van der Waals surface area contributed by atoms with Crippen LogP contribution in [0, 0.1) is 0 Å². The third kappa shape index (κ3) is 2.79. The molecule has 1 heterocycles. The number of anilines is 1. The Morgan fingerprint density at radius 3 is 2.89 bits per heavy atom. The van der Waals surface area contributed by atoms with Gasteiger partial charge in [-0.05, 0) is 38.6 Å². The molecule has 4 heteroatoms. The first-order valence-electron chi connectivity index (χ1n) is 6.52. The quantitative estimate of drug-likeness (QED) is 0.909. The summed E-state index contributed by atoms with van der Waals surface area (Å²) in [4.78, 5) is 4.67. The fraction of sp³-hybridized carbons (Fsp3) is 0.571. The molecule has 1 atom stereocenters. The number of halogens is 1. The number of likely N-dealkylation sites (N-methyl/N-ethyl adjacent to an activating group) is 1. The summed E-state index contributed by atoms with van der Waals surface area (Å²) in [5, 5.41) is 0.823. The number of hydrogen-bond acceptors (Lipinski definition) is 3. The maximum atomic E-state index is 6.38. The van der Waals surface area contributed by atoms with E-state index in [0.717, 1.165) is 29.4 Å². The van der Waals surface area contributed by atoms with Gasteiger partial charge in [0.15, 0.2) is 0 Å². The molecular formula is C14H22ClN3. The van der Waals surface area contributed by atoms with E-state index in [1.165, 1.54) is 12.8 Å². The van der Waals surface area contributed by atoms with Crippen molar-refractivity contribution in [3.8, 4) is 0 Å². The van der Waals surface area contributed by atoms with Crippen molar-refractivity contribution in [3.63, 3.8) is 0 Å². The van der Waals surface area contributed by atoms with Gasteiger partial charge >= 0.3 is 0 Å². The first kappa shape index (κ1) is 13.7. The summed E-state index contributed by atoms with van der Waals surface area (Å²) in [6, 6.07) is 6.56. The van der Waals surface area contributed by atoms with Gasteiger partial charge in [0.1, 0.15) is 0 Å². The Bertz CT molecular complexity index is 406. The molecule has 1 aliphatic rings. The summed E-state index contributed by atoms with van der Waals surface area (Å²) in [6.07, 6.45) is 2.46. The molecule has 0 aromatic heterocycles. The lowest BCUT2D eigenvalue weighted by molar-refractivity contribution is 0.372. The summed E-state index contributed by atoms with van der Waals surface area (Å²) in [5.41, 5.74) is 8.13. The highest BCUT2D eigenvalue weighted by Gasteiger charge is 2.27. The van der Waals surface area contributed by atoms with Gasteiger partial charge in [0, 0.05) is 25.7 Å². The Hall–Kier alpha value is -0.770. The second-order valence-electron chi connectivity index (χ2n) is 5.20. The molecule has 1 unspecified atom stereocenters. The van der Waals surface area contributed by atoms with Crippen molar-refractivity contribution in [3.05, 3.63) is 28.8 Å². The molecule has 18 heavy (non-hydrogen) atoms. The van der Waals surface area contributed by atoms with Crippen LogP contribution >= 0.6 is 11.6 Å². The maximum Gasteiger partial charge on any atom is 0.0643 e. The van der Waals surface area contributed by atoms with Crippen molar-refractivity contribution < 1.29 is 0 Å². The number of para-hydroxylation sites is 1. The molecule has 2 N–H and O–H groups in total. The molecule has 3 nitrogen and oxygen atoms in total. The van der Waals surface area contributed by atoms with Crippen molar-refractivity contribution in [2.45, 2.75) is 25.4 Å². The maximum absolute atomic E-state index is 6.38. The van der Waals surface area contributed by atoms with Crippen molar-refractivity contribution in [2.75, 3.05) is 32.1 Å². The summed E-state index contributed by atoms with van der Waals surface area (Å²) < 4.78 is 0. The standard InChI is InChI=1S/C14H22ClN3/c1-17(2)10-12-6-4-8-18(12)14-11(9-16)5-3-7-13(14)15/h3,5,7,12H,4,6,8-10,16H2,1-2H3. The number of rotatable bonds is 4. The van der Waals surface area contributed by atoms with E-state index in [1.54, 1.807) is 0 Å². The zero-order valence-corrected chi connectivity index (χ0v) is 12.0. The van der Waals surface area contributed by atoms with E-state index in [9.17, 15) is 0 Å². The van der Waals surface area contributed by atoms with Crippen LogP contribution in [0.3, 0.4) is 0 Å². The van der Waals surface area contributed by atoms with E-state index in [0.29, 0.717) is 12.6 Å². The van der Waals surface area contributed by atoms with Crippen LogP contribution in [0.2, 0.25) is 5.02 Å². The lowest BCUT2D eigenvalue weighted by Crippen LogP contribution is -2.38. The van der Waals surface area contributed by atoms with Crippen molar-refractivity contribution in [1.82, 2.24) is 4.90 Å². The third-order valence-electron chi connectivity index (χ3n) is 3.53. The van der Waals surface area contributed by atoms with Crippen LogP contribution < -0.4 is 10.6 Å². The molecule has 1 saturated heterocycles. The average Bonchev–Trinajstić information content (AvgIpc) is 2.75. The molecule has 1 fully saturated rings. The number of nitrogens with two attached hydrogens (primary N) is 1. The van der Waals surface area contributed by atoms with Gasteiger partial charge in [-0.1, -0.05) is 23.7 Å². The molecule has 0 spiro atoms. The van der Waals surface area contributed by atoms with Gasteiger partial charge in [-0.2, -0.15) is 0 Å². The zero-order valence-electron chi connectivity index (χ0n) is 11.2. The van der Waals surface area contributed by atoms with Gasteiger partial charge < -0.3 is 15.5 Å². The van der Waals surface area contributed by atoms with Gasteiger partial charge in [-0.15, -0.1) is 0 Å². The van der Waals surface area contributed by atoms with Crippen LogP contribution in [0.4, 0.5) is 5.69 Å². The Morgan fingerprint density at radius 1 is 1.44 bits per heavy atom. The predicted octanol–water partition coefficient (Wildman–Crippen LogP) is 2.33. The average molecular weight is 268 g/mol. The normalized spacial score (nSPS) is 19.8. The summed E-state index contributed by atoms with van der Waals surface area (Å²) in [7, 11) is 4.24. The van der Waals surface area contributed by atoms with E-state index >= 15 is 0 Å². The Morgan fingerprint density at radius 2 is 2.22 bits per heavy atom. The van der Waals surface area contributed by atoms with Crippen molar-refractivity contribution in [1.29, 1.82) is 0 Å². The van der Waals surface area contributed by atoms with Gasteiger partial charge in [-0.3, -0.25) is 0 Å². The van der Waals surface area contributed by atoms with Crippen LogP contribution in [0.5, 0.6) is 0 Å². The number of nitrogens with zero attached hydrogens (tertiary/aromatic N) is 2. The fourth-order valence-electron chi connectivity index (χ4n) is 2.79. The second kappa shape index (κ2) is 5.91. The number of hydrogen-bond donors (Lipinski definition) is 1. The van der Waals surface area contributed by atoms with Crippen LogP contribution in [-0.4, -0.2) is 38.1 Å². The van der Waals surface area contributed by atoms with Crippen LogP contribution in [0.25, 0.3) is 0 Å².